The van der Waals surface area contributed by atoms with Gasteiger partial charge in [0.15, 0.2) is 5.96 Å². The summed E-state index contributed by atoms with van der Waals surface area (Å²) in [6.07, 6.45) is 2.63. The fourth-order valence-electron chi connectivity index (χ4n) is 3.35. The number of hydrogen-bond donors (Lipinski definition) is 2. The first kappa shape index (κ1) is 18.5. The summed E-state index contributed by atoms with van der Waals surface area (Å²) < 4.78 is 5.38. The van der Waals surface area contributed by atoms with Crippen LogP contribution >= 0.6 is 0 Å². The highest BCUT2D eigenvalue weighted by Crippen LogP contribution is 2.17. The van der Waals surface area contributed by atoms with Crippen molar-refractivity contribution in [2.45, 2.75) is 32.7 Å². The van der Waals surface area contributed by atoms with E-state index in [0.717, 1.165) is 57.8 Å². The Bertz CT molecular complexity index is 355. The lowest BCUT2D eigenvalue weighted by molar-refractivity contribution is 0.0389. The zero-order valence-corrected chi connectivity index (χ0v) is 15.2. The highest BCUT2D eigenvalue weighted by molar-refractivity contribution is 5.79. The van der Waals surface area contributed by atoms with E-state index in [1.807, 2.05) is 7.05 Å². The van der Waals surface area contributed by atoms with Gasteiger partial charge in [-0.3, -0.25) is 9.89 Å². The van der Waals surface area contributed by atoms with Crippen LogP contribution in [0.1, 0.15) is 26.7 Å². The zero-order chi connectivity index (χ0) is 16.5. The minimum absolute atomic E-state index is 0.656. The molecule has 0 aliphatic carbocycles. The van der Waals surface area contributed by atoms with Gasteiger partial charge >= 0.3 is 0 Å². The summed E-state index contributed by atoms with van der Waals surface area (Å²) in [4.78, 5) is 9.37. The number of rotatable bonds is 6. The SMILES string of the molecule is CN=C(NCCN1CCOCC1)NCC1CCCN(C(C)C)C1. The Morgan fingerprint density at radius 1 is 1.22 bits per heavy atom. The predicted octanol–water partition coefficient (Wildman–Crippen LogP) is 0.604. The molecule has 6 heteroatoms. The number of nitrogens with zero attached hydrogens (tertiary/aromatic N) is 3. The van der Waals surface area contributed by atoms with E-state index in [-0.39, 0.29) is 0 Å². The summed E-state index contributed by atoms with van der Waals surface area (Å²) in [7, 11) is 1.85. The van der Waals surface area contributed by atoms with Gasteiger partial charge in [-0.25, -0.2) is 0 Å². The third kappa shape index (κ3) is 6.65. The standard InChI is InChI=1S/C17H35N5O/c1-15(2)22-7-4-5-16(14-22)13-20-17(18-3)19-6-8-21-9-11-23-12-10-21/h15-16H,4-14H2,1-3H3,(H2,18,19,20). The highest BCUT2D eigenvalue weighted by atomic mass is 16.5. The van der Waals surface area contributed by atoms with Gasteiger partial charge in [-0.1, -0.05) is 0 Å². The number of hydrogen-bond acceptors (Lipinski definition) is 4. The largest absolute Gasteiger partial charge is 0.379 e. The Balaban J connectivity index is 1.62. The van der Waals surface area contributed by atoms with E-state index < -0.39 is 0 Å². The lowest BCUT2D eigenvalue weighted by Gasteiger charge is -2.35. The number of piperidine rings is 1. The Labute approximate surface area is 141 Å². The number of likely N-dealkylation sites (tertiary alicyclic amines) is 1. The molecule has 1 atom stereocenters. The van der Waals surface area contributed by atoms with Crippen LogP contribution in [0.2, 0.25) is 0 Å². The van der Waals surface area contributed by atoms with Crippen molar-refractivity contribution < 1.29 is 4.74 Å². The van der Waals surface area contributed by atoms with Crippen molar-refractivity contribution in [1.29, 1.82) is 0 Å². The molecule has 2 N–H and O–H groups in total. The molecule has 0 spiro atoms. The molecule has 2 heterocycles. The van der Waals surface area contributed by atoms with Crippen molar-refractivity contribution in [1.82, 2.24) is 20.4 Å². The van der Waals surface area contributed by atoms with Crippen molar-refractivity contribution in [2.24, 2.45) is 10.9 Å². The third-order valence-corrected chi connectivity index (χ3v) is 4.89. The molecule has 134 valence electrons. The van der Waals surface area contributed by atoms with Gasteiger partial charge in [0, 0.05) is 52.4 Å². The summed E-state index contributed by atoms with van der Waals surface area (Å²) in [6.45, 7) is 13.8. The summed E-state index contributed by atoms with van der Waals surface area (Å²) in [5.41, 5.74) is 0. The van der Waals surface area contributed by atoms with Crippen LogP contribution in [0, 0.1) is 5.92 Å². The van der Waals surface area contributed by atoms with Gasteiger partial charge in [0.2, 0.25) is 0 Å². The zero-order valence-electron chi connectivity index (χ0n) is 15.2. The highest BCUT2D eigenvalue weighted by Gasteiger charge is 2.21. The lowest BCUT2D eigenvalue weighted by atomic mass is 9.97. The molecule has 0 bridgehead atoms. The van der Waals surface area contributed by atoms with E-state index in [9.17, 15) is 0 Å². The number of ether oxygens (including phenoxy) is 1. The van der Waals surface area contributed by atoms with E-state index in [1.54, 1.807) is 0 Å². The molecule has 2 fully saturated rings. The Morgan fingerprint density at radius 3 is 2.70 bits per heavy atom. The topological polar surface area (TPSA) is 52.1 Å². The molecule has 2 aliphatic heterocycles. The van der Waals surface area contributed by atoms with Crippen molar-refractivity contribution in [3.8, 4) is 0 Å². The number of aliphatic imine (C=N–C) groups is 1. The molecular formula is C17H35N5O. The van der Waals surface area contributed by atoms with E-state index in [4.69, 9.17) is 4.74 Å². The smallest absolute Gasteiger partial charge is 0.191 e. The van der Waals surface area contributed by atoms with Crippen LogP contribution in [-0.4, -0.2) is 87.9 Å². The van der Waals surface area contributed by atoms with Gasteiger partial charge in [-0.15, -0.1) is 0 Å². The normalized spacial score (nSPS) is 24.9. The second-order valence-electron chi connectivity index (χ2n) is 6.93. The maximum absolute atomic E-state index is 5.38. The van der Waals surface area contributed by atoms with E-state index in [0.29, 0.717) is 6.04 Å². The van der Waals surface area contributed by atoms with E-state index in [2.05, 4.69) is 39.3 Å². The molecule has 2 aliphatic rings. The summed E-state index contributed by atoms with van der Waals surface area (Å²) in [6, 6.07) is 0.656. The van der Waals surface area contributed by atoms with Gasteiger partial charge in [0.1, 0.15) is 0 Å². The molecule has 1 unspecified atom stereocenters. The summed E-state index contributed by atoms with van der Waals surface area (Å²) in [5.74, 6) is 1.66. The molecule has 0 aromatic rings. The van der Waals surface area contributed by atoms with Crippen LogP contribution in [0.25, 0.3) is 0 Å². The molecule has 0 saturated carbocycles. The molecule has 0 aromatic carbocycles. The quantitative estimate of drug-likeness (QED) is 0.553. The first-order valence-corrected chi connectivity index (χ1v) is 9.17. The monoisotopic (exact) mass is 325 g/mol. The third-order valence-electron chi connectivity index (χ3n) is 4.89. The average Bonchev–Trinajstić information content (AvgIpc) is 2.59. The van der Waals surface area contributed by atoms with Gasteiger partial charge in [0.25, 0.3) is 0 Å². The Kier molecular flexibility index (Phi) is 8.12. The van der Waals surface area contributed by atoms with Crippen molar-refractivity contribution in [2.75, 3.05) is 66.1 Å². The molecule has 2 rings (SSSR count). The number of guanidine groups is 1. The molecule has 6 nitrogen and oxygen atoms in total. The van der Waals surface area contributed by atoms with E-state index >= 15 is 0 Å². The van der Waals surface area contributed by atoms with Crippen LogP contribution < -0.4 is 10.6 Å². The first-order chi connectivity index (χ1) is 11.2. The average molecular weight is 326 g/mol. The molecule has 0 amide bonds. The molecule has 0 aromatic heterocycles. The molecular weight excluding hydrogens is 290 g/mol. The van der Waals surface area contributed by atoms with Gasteiger partial charge in [0.05, 0.1) is 13.2 Å². The number of nitrogens with one attached hydrogen (secondary N) is 2. The second kappa shape index (κ2) is 10.1. The van der Waals surface area contributed by atoms with Crippen LogP contribution in [0.15, 0.2) is 4.99 Å². The van der Waals surface area contributed by atoms with Crippen molar-refractivity contribution in [3.63, 3.8) is 0 Å². The van der Waals surface area contributed by atoms with Crippen molar-refractivity contribution >= 4 is 5.96 Å². The van der Waals surface area contributed by atoms with Gasteiger partial charge in [-0.05, 0) is 39.2 Å². The van der Waals surface area contributed by atoms with Crippen LogP contribution in [0.5, 0.6) is 0 Å². The first-order valence-electron chi connectivity index (χ1n) is 9.17. The van der Waals surface area contributed by atoms with E-state index in [1.165, 1.54) is 25.9 Å². The summed E-state index contributed by atoms with van der Waals surface area (Å²) in [5, 5.41) is 6.94. The predicted molar refractivity (Wildman–Crippen MR) is 96.1 cm³/mol. The summed E-state index contributed by atoms with van der Waals surface area (Å²) >= 11 is 0. The van der Waals surface area contributed by atoms with Crippen LogP contribution in [-0.2, 0) is 4.74 Å². The lowest BCUT2D eigenvalue weighted by Crippen LogP contribution is -2.47. The maximum Gasteiger partial charge on any atom is 0.191 e. The second-order valence-corrected chi connectivity index (χ2v) is 6.93. The minimum atomic E-state index is 0.656. The Morgan fingerprint density at radius 2 is 2.00 bits per heavy atom. The van der Waals surface area contributed by atoms with Crippen LogP contribution in [0.4, 0.5) is 0 Å². The molecule has 23 heavy (non-hydrogen) atoms. The fourth-order valence-corrected chi connectivity index (χ4v) is 3.35. The fraction of sp³-hybridized carbons (Fsp3) is 0.941. The Hall–Kier alpha value is -0.850. The van der Waals surface area contributed by atoms with Crippen molar-refractivity contribution in [3.05, 3.63) is 0 Å². The minimum Gasteiger partial charge on any atom is -0.379 e. The molecule has 2 saturated heterocycles. The number of morpholine rings is 1. The maximum atomic E-state index is 5.38. The van der Waals surface area contributed by atoms with Crippen LogP contribution in [0.3, 0.4) is 0 Å². The molecule has 0 radical (unpaired) electrons. The van der Waals surface area contributed by atoms with Gasteiger partial charge < -0.3 is 20.3 Å². The van der Waals surface area contributed by atoms with Gasteiger partial charge in [-0.2, -0.15) is 0 Å².